The van der Waals surface area contributed by atoms with Gasteiger partial charge in [0.25, 0.3) is 0 Å². The summed E-state index contributed by atoms with van der Waals surface area (Å²) in [6, 6.07) is 3.60. The average Bonchev–Trinajstić information content (AvgIpc) is 2.07. The van der Waals surface area contributed by atoms with E-state index in [9.17, 15) is 4.79 Å². The lowest BCUT2D eigenvalue weighted by atomic mass is 10.3. The Balaban J connectivity index is 3.16. The minimum atomic E-state index is 0.681. The number of amides is 1. The standard InChI is InChI=1S/C7H3Br3NO/c8-4-1-2-5(11-3-12)7(10)6(4)9/h1-2H,(H,11,12). The smallest absolute Gasteiger partial charge is 0.314 e. The zero-order chi connectivity index (χ0) is 9.14. The van der Waals surface area contributed by atoms with Crippen LogP contribution in [0.4, 0.5) is 5.69 Å². The molecular formula is C7H3Br3NO. The van der Waals surface area contributed by atoms with Crippen LogP contribution in [0, 0.1) is 0 Å². The summed E-state index contributed by atoms with van der Waals surface area (Å²) >= 11 is 9.98. The van der Waals surface area contributed by atoms with E-state index < -0.39 is 0 Å². The number of hydrogen-bond donors (Lipinski definition) is 1. The van der Waals surface area contributed by atoms with Gasteiger partial charge in [0.2, 0.25) is 0 Å². The third kappa shape index (κ3) is 2.08. The first-order valence-electron chi connectivity index (χ1n) is 2.93. The molecule has 1 N–H and O–H groups in total. The molecule has 0 aliphatic carbocycles. The van der Waals surface area contributed by atoms with Crippen LogP contribution in [0.2, 0.25) is 0 Å². The van der Waals surface area contributed by atoms with Crippen molar-refractivity contribution in [3.63, 3.8) is 0 Å². The number of nitrogens with one attached hydrogen (secondary N) is 1. The largest absolute Gasteiger partial charge is 0.317 e. The van der Waals surface area contributed by atoms with E-state index >= 15 is 0 Å². The third-order valence-electron chi connectivity index (χ3n) is 1.22. The molecule has 1 radical (unpaired) electrons. The van der Waals surface area contributed by atoms with Crippen molar-refractivity contribution in [2.45, 2.75) is 0 Å². The van der Waals surface area contributed by atoms with Crippen molar-refractivity contribution in [2.24, 2.45) is 0 Å². The Morgan fingerprint density at radius 2 is 1.83 bits per heavy atom. The summed E-state index contributed by atoms with van der Waals surface area (Å²) in [7, 11) is 0. The normalized spacial score (nSPS) is 9.58. The van der Waals surface area contributed by atoms with E-state index in [0.717, 1.165) is 13.4 Å². The molecular weight excluding hydrogens is 354 g/mol. The van der Waals surface area contributed by atoms with E-state index in [1.165, 1.54) is 0 Å². The van der Waals surface area contributed by atoms with E-state index in [1.807, 2.05) is 6.07 Å². The number of rotatable bonds is 2. The van der Waals surface area contributed by atoms with Crippen LogP contribution >= 0.6 is 47.8 Å². The molecule has 0 heterocycles. The summed E-state index contributed by atoms with van der Waals surface area (Å²) in [5.41, 5.74) is 0.681. The van der Waals surface area contributed by atoms with Gasteiger partial charge in [0.05, 0.1) is 10.2 Å². The lowest BCUT2D eigenvalue weighted by Crippen LogP contribution is -1.94. The lowest BCUT2D eigenvalue weighted by Gasteiger charge is -2.04. The lowest BCUT2D eigenvalue weighted by molar-refractivity contribution is 0.561. The summed E-state index contributed by atoms with van der Waals surface area (Å²) in [5, 5.41) is 2.44. The first-order chi connectivity index (χ1) is 5.66. The molecule has 0 aromatic heterocycles. The van der Waals surface area contributed by atoms with Gasteiger partial charge < -0.3 is 5.32 Å². The van der Waals surface area contributed by atoms with Gasteiger partial charge in [-0.05, 0) is 59.9 Å². The second-order valence-electron chi connectivity index (χ2n) is 1.95. The Kier molecular flexibility index (Phi) is 3.74. The Labute approximate surface area is 95.1 Å². The van der Waals surface area contributed by atoms with Crippen LogP contribution in [0.1, 0.15) is 0 Å². The molecule has 63 valence electrons. The molecule has 0 fully saturated rings. The molecule has 12 heavy (non-hydrogen) atoms. The average molecular weight is 357 g/mol. The molecule has 0 unspecified atom stereocenters. The van der Waals surface area contributed by atoms with Crippen molar-refractivity contribution >= 4 is 59.9 Å². The Bertz CT molecular complexity index is 314. The number of hydrogen-bond acceptors (Lipinski definition) is 1. The third-order valence-corrected chi connectivity index (χ3v) is 4.59. The topological polar surface area (TPSA) is 29.1 Å². The predicted molar refractivity (Wildman–Crippen MR) is 58.9 cm³/mol. The highest BCUT2D eigenvalue weighted by molar-refractivity contribution is 9.14. The maximum Gasteiger partial charge on any atom is 0.314 e. The fourth-order valence-electron chi connectivity index (χ4n) is 0.677. The van der Waals surface area contributed by atoms with Crippen LogP contribution in [0.25, 0.3) is 0 Å². The fraction of sp³-hybridized carbons (Fsp3) is 0. The van der Waals surface area contributed by atoms with Crippen molar-refractivity contribution in [3.8, 4) is 0 Å². The van der Waals surface area contributed by atoms with Gasteiger partial charge in [0.1, 0.15) is 0 Å². The second-order valence-corrected chi connectivity index (χ2v) is 4.39. The van der Waals surface area contributed by atoms with Crippen molar-refractivity contribution in [3.05, 3.63) is 25.6 Å². The molecule has 0 spiro atoms. The van der Waals surface area contributed by atoms with Gasteiger partial charge in [-0.15, -0.1) is 0 Å². The van der Waals surface area contributed by atoms with Crippen molar-refractivity contribution in [1.82, 2.24) is 0 Å². The molecule has 0 atom stereocenters. The molecule has 1 aromatic carbocycles. The summed E-state index contributed by atoms with van der Waals surface area (Å²) in [6.07, 6.45) is 1.61. The maximum absolute atomic E-state index is 10.0. The highest BCUT2D eigenvalue weighted by atomic mass is 79.9. The van der Waals surface area contributed by atoms with Crippen molar-refractivity contribution in [2.75, 3.05) is 5.32 Å². The second kappa shape index (κ2) is 4.39. The molecule has 2 nitrogen and oxygen atoms in total. The van der Waals surface area contributed by atoms with Gasteiger partial charge in [-0.2, -0.15) is 0 Å². The number of benzene rings is 1. The summed E-state index contributed by atoms with van der Waals surface area (Å²) in [6.45, 7) is 0. The molecule has 1 rings (SSSR count). The summed E-state index contributed by atoms with van der Waals surface area (Å²) in [5.74, 6) is 0. The highest BCUT2D eigenvalue weighted by Gasteiger charge is 2.06. The molecule has 0 saturated carbocycles. The Morgan fingerprint density at radius 1 is 1.17 bits per heavy atom. The molecule has 0 aliphatic rings. The number of anilines is 1. The molecule has 0 saturated heterocycles. The summed E-state index contributed by atoms with van der Waals surface area (Å²) in [4.78, 5) is 10.0. The van der Waals surface area contributed by atoms with Crippen LogP contribution in [0.5, 0.6) is 0 Å². The van der Waals surface area contributed by atoms with Crippen LogP contribution in [-0.4, -0.2) is 6.41 Å². The van der Waals surface area contributed by atoms with Crippen molar-refractivity contribution in [1.29, 1.82) is 0 Å². The van der Waals surface area contributed by atoms with Gasteiger partial charge in [-0.3, -0.25) is 4.79 Å². The highest BCUT2D eigenvalue weighted by Crippen LogP contribution is 2.35. The summed E-state index contributed by atoms with van der Waals surface area (Å²) < 4.78 is 2.58. The Morgan fingerprint density at radius 3 is 2.42 bits per heavy atom. The monoisotopic (exact) mass is 354 g/mol. The van der Waals surface area contributed by atoms with Crippen molar-refractivity contribution < 1.29 is 4.79 Å². The van der Waals surface area contributed by atoms with E-state index in [-0.39, 0.29) is 0 Å². The molecule has 0 bridgehead atoms. The van der Waals surface area contributed by atoms with Gasteiger partial charge in [0, 0.05) is 8.95 Å². The zero-order valence-electron chi connectivity index (χ0n) is 5.70. The molecule has 1 aromatic rings. The fourth-order valence-corrected chi connectivity index (χ4v) is 2.06. The first kappa shape index (κ1) is 10.2. The maximum atomic E-state index is 10.0. The van der Waals surface area contributed by atoms with Crippen LogP contribution < -0.4 is 5.32 Å². The van der Waals surface area contributed by atoms with Gasteiger partial charge in [-0.25, -0.2) is 0 Å². The number of carbonyl (C=O) groups excluding carboxylic acids is 1. The van der Waals surface area contributed by atoms with E-state index in [1.54, 1.807) is 12.5 Å². The predicted octanol–water partition coefficient (Wildman–Crippen LogP) is 3.45. The van der Waals surface area contributed by atoms with Crippen LogP contribution in [0.3, 0.4) is 0 Å². The zero-order valence-corrected chi connectivity index (χ0v) is 10.5. The van der Waals surface area contributed by atoms with Gasteiger partial charge in [-0.1, -0.05) is 0 Å². The van der Waals surface area contributed by atoms with Gasteiger partial charge >= 0.3 is 6.41 Å². The number of halogens is 3. The molecule has 5 heteroatoms. The molecule has 1 amide bonds. The van der Waals surface area contributed by atoms with E-state index in [4.69, 9.17) is 0 Å². The Hall–Kier alpha value is 0.130. The SMILES string of the molecule is O=[C]Nc1ccc(Br)c(Br)c1Br. The van der Waals surface area contributed by atoms with Crippen LogP contribution in [0.15, 0.2) is 25.6 Å². The minimum absolute atomic E-state index is 0.681. The quantitative estimate of drug-likeness (QED) is 0.638. The van der Waals surface area contributed by atoms with Gasteiger partial charge in [0.15, 0.2) is 0 Å². The van der Waals surface area contributed by atoms with E-state index in [0.29, 0.717) is 5.69 Å². The first-order valence-corrected chi connectivity index (χ1v) is 5.31. The minimum Gasteiger partial charge on any atom is -0.317 e. The van der Waals surface area contributed by atoms with E-state index in [2.05, 4.69) is 53.1 Å². The van der Waals surface area contributed by atoms with Crippen LogP contribution in [-0.2, 0) is 4.79 Å². The molecule has 0 aliphatic heterocycles.